The number of rotatable bonds is 18. The van der Waals surface area contributed by atoms with E-state index in [-0.39, 0.29) is 13.2 Å². The number of aliphatic hydroxyl groups is 2. The molecule has 0 fully saturated rings. The van der Waals surface area contributed by atoms with Gasteiger partial charge in [-0.2, -0.15) is 0 Å². The number of hydrogen-bond acceptors (Lipinski definition) is 7. The predicted molar refractivity (Wildman–Crippen MR) is 84.2 cm³/mol. The van der Waals surface area contributed by atoms with Gasteiger partial charge in [0, 0.05) is 46.6 Å². The first-order valence-electron chi connectivity index (χ1n) is 8.01. The van der Waals surface area contributed by atoms with Gasteiger partial charge in [-0.05, 0) is 12.8 Å². The molecule has 0 radical (unpaired) electrons. The minimum atomic E-state index is 0.0505. The molecule has 0 saturated carbocycles. The number of hydrogen-bond donors (Lipinski definition) is 2. The molecule has 0 rings (SSSR count). The van der Waals surface area contributed by atoms with Gasteiger partial charge in [0.1, 0.15) is 0 Å². The van der Waals surface area contributed by atoms with E-state index in [1.807, 2.05) is 0 Å². The molecule has 0 aliphatic rings. The lowest BCUT2D eigenvalue weighted by molar-refractivity contribution is 0.0455. The van der Waals surface area contributed by atoms with Gasteiger partial charge in [0.05, 0.1) is 39.6 Å². The maximum Gasteiger partial charge on any atom is 0.0698 e. The molecular formula is C15H33NO6. The zero-order valence-corrected chi connectivity index (χ0v) is 13.9. The molecule has 0 amide bonds. The molecule has 0 aromatic carbocycles. The average Bonchev–Trinajstić information content (AvgIpc) is 2.53. The Morgan fingerprint density at radius 1 is 0.636 bits per heavy atom. The van der Waals surface area contributed by atoms with Crippen molar-refractivity contribution in [2.45, 2.75) is 12.8 Å². The smallest absolute Gasteiger partial charge is 0.0698 e. The average molecular weight is 323 g/mol. The van der Waals surface area contributed by atoms with Crippen molar-refractivity contribution >= 4 is 0 Å². The van der Waals surface area contributed by atoms with Crippen molar-refractivity contribution in [3.05, 3.63) is 0 Å². The summed E-state index contributed by atoms with van der Waals surface area (Å²) in [6, 6.07) is 0. The molecule has 22 heavy (non-hydrogen) atoms. The Bertz CT molecular complexity index is 196. The third-order valence-electron chi connectivity index (χ3n) is 2.98. The van der Waals surface area contributed by atoms with Crippen LogP contribution in [0, 0.1) is 0 Å². The molecule has 134 valence electrons. The van der Waals surface area contributed by atoms with Crippen molar-refractivity contribution in [1.82, 2.24) is 4.90 Å². The molecule has 7 nitrogen and oxygen atoms in total. The Morgan fingerprint density at radius 2 is 1.18 bits per heavy atom. The minimum Gasteiger partial charge on any atom is -0.394 e. The molecule has 0 aromatic rings. The van der Waals surface area contributed by atoms with Crippen LogP contribution in [0.15, 0.2) is 0 Å². The first-order valence-corrected chi connectivity index (χ1v) is 8.01. The highest BCUT2D eigenvalue weighted by Crippen LogP contribution is 1.95. The van der Waals surface area contributed by atoms with Crippen LogP contribution < -0.4 is 0 Å². The van der Waals surface area contributed by atoms with Crippen LogP contribution in [0.3, 0.4) is 0 Å². The molecule has 0 bridgehead atoms. The number of nitrogens with zero attached hydrogens (tertiary/aromatic N) is 1. The van der Waals surface area contributed by atoms with E-state index < -0.39 is 0 Å². The highest BCUT2D eigenvalue weighted by atomic mass is 16.5. The van der Waals surface area contributed by atoms with Crippen LogP contribution in [0.4, 0.5) is 0 Å². The number of methoxy groups -OCH3 is 1. The van der Waals surface area contributed by atoms with E-state index in [0.29, 0.717) is 26.4 Å². The second-order valence-electron chi connectivity index (χ2n) is 4.83. The van der Waals surface area contributed by atoms with Crippen molar-refractivity contribution in [2.24, 2.45) is 0 Å². The lowest BCUT2D eigenvalue weighted by Crippen LogP contribution is -2.33. The van der Waals surface area contributed by atoms with Crippen molar-refractivity contribution < 1.29 is 29.2 Å². The van der Waals surface area contributed by atoms with Gasteiger partial charge in [0.2, 0.25) is 0 Å². The summed E-state index contributed by atoms with van der Waals surface area (Å²) in [5.41, 5.74) is 0. The molecule has 0 atom stereocenters. The quantitative estimate of drug-likeness (QED) is 0.337. The van der Waals surface area contributed by atoms with E-state index in [0.717, 1.165) is 52.3 Å². The maximum atomic E-state index is 8.69. The first-order chi connectivity index (χ1) is 10.8. The van der Waals surface area contributed by atoms with E-state index in [1.54, 1.807) is 7.11 Å². The summed E-state index contributed by atoms with van der Waals surface area (Å²) < 4.78 is 21.1. The summed E-state index contributed by atoms with van der Waals surface area (Å²) in [4.78, 5) is 2.24. The second kappa shape index (κ2) is 18.8. The number of ether oxygens (including phenoxy) is 4. The van der Waals surface area contributed by atoms with Crippen LogP contribution in [-0.2, 0) is 18.9 Å². The molecule has 2 N–H and O–H groups in total. The van der Waals surface area contributed by atoms with Crippen LogP contribution >= 0.6 is 0 Å². The summed E-state index contributed by atoms with van der Waals surface area (Å²) in [5.74, 6) is 0. The van der Waals surface area contributed by atoms with Gasteiger partial charge in [-0.3, -0.25) is 4.90 Å². The van der Waals surface area contributed by atoms with E-state index in [2.05, 4.69) is 4.90 Å². The third-order valence-corrected chi connectivity index (χ3v) is 2.98. The zero-order valence-electron chi connectivity index (χ0n) is 13.9. The van der Waals surface area contributed by atoms with Gasteiger partial charge in [0.15, 0.2) is 0 Å². The first kappa shape index (κ1) is 21.7. The Morgan fingerprint density at radius 3 is 1.73 bits per heavy atom. The highest BCUT2D eigenvalue weighted by Gasteiger charge is 2.05. The second-order valence-corrected chi connectivity index (χ2v) is 4.83. The molecule has 0 aromatic heterocycles. The lowest BCUT2D eigenvalue weighted by Gasteiger charge is -2.22. The largest absolute Gasteiger partial charge is 0.394 e. The van der Waals surface area contributed by atoms with Gasteiger partial charge < -0.3 is 29.2 Å². The van der Waals surface area contributed by atoms with Crippen LogP contribution in [-0.4, -0.2) is 101 Å². The molecule has 0 unspecified atom stereocenters. The minimum absolute atomic E-state index is 0.0505. The Balaban J connectivity index is 3.66. The van der Waals surface area contributed by atoms with Crippen molar-refractivity contribution in [3.8, 4) is 0 Å². The van der Waals surface area contributed by atoms with Gasteiger partial charge in [-0.15, -0.1) is 0 Å². The van der Waals surface area contributed by atoms with Gasteiger partial charge in [-0.25, -0.2) is 0 Å². The molecule has 0 aliphatic heterocycles. The Hall–Kier alpha value is -0.280. The molecule has 0 saturated heterocycles. The van der Waals surface area contributed by atoms with Crippen LogP contribution in [0.1, 0.15) is 12.8 Å². The zero-order chi connectivity index (χ0) is 16.3. The van der Waals surface area contributed by atoms with Crippen molar-refractivity contribution in [2.75, 3.05) is 86.2 Å². The number of aliphatic hydroxyl groups excluding tert-OH is 2. The van der Waals surface area contributed by atoms with E-state index in [9.17, 15) is 0 Å². The van der Waals surface area contributed by atoms with E-state index in [1.165, 1.54) is 0 Å². The van der Waals surface area contributed by atoms with Gasteiger partial charge in [-0.1, -0.05) is 0 Å². The third kappa shape index (κ3) is 16.1. The molecular weight excluding hydrogens is 290 g/mol. The Labute approximate surface area is 134 Å². The lowest BCUT2D eigenvalue weighted by atomic mass is 10.3. The SMILES string of the molecule is COCCCOCCCN(CCOCCO)CCOCCO. The molecule has 7 heteroatoms. The van der Waals surface area contributed by atoms with E-state index >= 15 is 0 Å². The fourth-order valence-electron chi connectivity index (χ4n) is 1.85. The summed E-state index contributed by atoms with van der Waals surface area (Å²) in [5, 5.41) is 17.4. The summed E-state index contributed by atoms with van der Waals surface area (Å²) in [6.45, 7) is 6.73. The van der Waals surface area contributed by atoms with Crippen LogP contribution in [0.2, 0.25) is 0 Å². The molecule has 0 aliphatic carbocycles. The van der Waals surface area contributed by atoms with Crippen LogP contribution in [0.5, 0.6) is 0 Å². The summed E-state index contributed by atoms with van der Waals surface area (Å²) >= 11 is 0. The Kier molecular flexibility index (Phi) is 18.5. The normalized spacial score (nSPS) is 11.5. The topological polar surface area (TPSA) is 80.6 Å². The summed E-state index contributed by atoms with van der Waals surface area (Å²) in [7, 11) is 1.69. The summed E-state index contributed by atoms with van der Waals surface area (Å²) in [6.07, 6.45) is 1.87. The fourth-order valence-corrected chi connectivity index (χ4v) is 1.85. The molecule has 0 spiro atoms. The van der Waals surface area contributed by atoms with Crippen molar-refractivity contribution in [1.29, 1.82) is 0 Å². The maximum absolute atomic E-state index is 8.69. The van der Waals surface area contributed by atoms with E-state index in [4.69, 9.17) is 29.2 Å². The molecule has 0 heterocycles. The van der Waals surface area contributed by atoms with Crippen molar-refractivity contribution in [3.63, 3.8) is 0 Å². The predicted octanol–water partition coefficient (Wildman–Crippen LogP) is -0.251. The standard InChI is InChI=1S/C15H33NO6/c1-19-9-3-11-20-10-2-4-16(5-12-21-14-7-17)6-13-22-15-8-18/h17-18H,2-15H2,1H3. The highest BCUT2D eigenvalue weighted by molar-refractivity contribution is 4.57. The van der Waals surface area contributed by atoms with Crippen LogP contribution in [0.25, 0.3) is 0 Å². The monoisotopic (exact) mass is 323 g/mol. The van der Waals surface area contributed by atoms with Gasteiger partial charge >= 0.3 is 0 Å². The van der Waals surface area contributed by atoms with Gasteiger partial charge in [0.25, 0.3) is 0 Å². The fraction of sp³-hybridized carbons (Fsp3) is 1.00.